The van der Waals surface area contributed by atoms with E-state index in [-0.39, 0.29) is 5.78 Å². The molecule has 1 atom stereocenters. The first-order valence-corrected chi connectivity index (χ1v) is 5.66. The number of nitrogens with zero attached hydrogens (tertiary/aromatic N) is 1. The normalized spacial score (nSPS) is 18.7. The summed E-state index contributed by atoms with van der Waals surface area (Å²) in [6.45, 7) is 3.84. The van der Waals surface area contributed by atoms with Crippen molar-refractivity contribution < 1.29 is 9.59 Å². The highest BCUT2D eigenvalue weighted by atomic mass is 16.2. The minimum absolute atomic E-state index is 0.310. The van der Waals surface area contributed by atoms with Gasteiger partial charge in [-0.3, -0.25) is 14.6 Å². The first-order valence-electron chi connectivity index (χ1n) is 5.66. The fourth-order valence-electron chi connectivity index (χ4n) is 2.20. The number of hydrogen-bond donors (Lipinski definition) is 1. The van der Waals surface area contributed by atoms with E-state index in [0.717, 1.165) is 16.7 Å². The van der Waals surface area contributed by atoms with Crippen molar-refractivity contribution in [1.82, 2.24) is 0 Å². The van der Waals surface area contributed by atoms with Crippen LogP contribution in [-0.4, -0.2) is 17.4 Å². The molecule has 0 saturated heterocycles. The lowest BCUT2D eigenvalue weighted by Crippen LogP contribution is -2.38. The van der Waals surface area contributed by atoms with Gasteiger partial charge in [-0.25, -0.2) is 0 Å². The van der Waals surface area contributed by atoms with Gasteiger partial charge in [0.25, 0.3) is 0 Å². The number of aliphatic imine (C=N–C) groups is 1. The van der Waals surface area contributed by atoms with E-state index in [0.29, 0.717) is 5.71 Å². The topological polar surface area (TPSA) is 72.5 Å². The van der Waals surface area contributed by atoms with Gasteiger partial charge in [0, 0.05) is 17.8 Å². The molecule has 0 aromatic heterocycles. The Balaban J connectivity index is 2.61. The second-order valence-electron chi connectivity index (χ2n) is 4.33. The van der Waals surface area contributed by atoms with E-state index in [1.807, 2.05) is 32.0 Å². The average molecular weight is 242 g/mol. The molecule has 1 unspecified atom stereocenters. The van der Waals surface area contributed by atoms with Crippen molar-refractivity contribution in [3.63, 3.8) is 0 Å². The van der Waals surface area contributed by atoms with Gasteiger partial charge < -0.3 is 5.73 Å². The van der Waals surface area contributed by atoms with Gasteiger partial charge >= 0.3 is 0 Å². The molecule has 0 bridgehead atoms. The average Bonchev–Trinajstić information content (AvgIpc) is 2.28. The van der Waals surface area contributed by atoms with E-state index in [2.05, 4.69) is 4.99 Å². The van der Waals surface area contributed by atoms with Crippen LogP contribution in [0, 0.1) is 19.8 Å². The van der Waals surface area contributed by atoms with Crippen molar-refractivity contribution in [2.75, 3.05) is 0 Å². The van der Waals surface area contributed by atoms with Crippen LogP contribution in [0.3, 0.4) is 0 Å². The number of amides is 1. The Labute approximate surface area is 105 Å². The Bertz CT molecular complexity index is 565. The van der Waals surface area contributed by atoms with Gasteiger partial charge in [0.15, 0.2) is 5.78 Å². The molecule has 1 aliphatic rings. The summed E-state index contributed by atoms with van der Waals surface area (Å²) >= 11 is 0. The smallest absolute Gasteiger partial charge is 0.234 e. The van der Waals surface area contributed by atoms with Crippen molar-refractivity contribution in [2.24, 2.45) is 16.6 Å². The fourth-order valence-corrected chi connectivity index (χ4v) is 2.20. The van der Waals surface area contributed by atoms with E-state index in [9.17, 15) is 9.59 Å². The Morgan fingerprint density at radius 3 is 2.44 bits per heavy atom. The highest BCUT2D eigenvalue weighted by molar-refractivity contribution is 6.29. The molecule has 92 valence electrons. The first-order chi connectivity index (χ1) is 8.52. The number of allylic oxidation sites excluding steroid dienone is 1. The van der Waals surface area contributed by atoms with E-state index in [1.54, 1.807) is 0 Å². The third kappa shape index (κ3) is 1.97. The molecule has 0 fully saturated rings. The largest absolute Gasteiger partial charge is 0.369 e. The molecule has 1 heterocycles. The van der Waals surface area contributed by atoms with E-state index < -0.39 is 11.8 Å². The Morgan fingerprint density at radius 1 is 1.28 bits per heavy atom. The molecule has 0 radical (unpaired) electrons. The molecule has 0 saturated carbocycles. The van der Waals surface area contributed by atoms with Gasteiger partial charge in [-0.2, -0.15) is 0 Å². The van der Waals surface area contributed by atoms with Crippen LogP contribution in [0.15, 0.2) is 35.5 Å². The maximum Gasteiger partial charge on any atom is 0.234 e. The highest BCUT2D eigenvalue weighted by Crippen LogP contribution is 2.22. The zero-order valence-corrected chi connectivity index (χ0v) is 10.3. The standard InChI is InChI=1S/C14H14N2O2/c1-8-4-3-5-9(2)11(8)13-12(14(15)18)10(17)6-7-16-13/h3-7,12H,1-2H3,(H2,15,18). The molecule has 1 aliphatic heterocycles. The van der Waals surface area contributed by atoms with Gasteiger partial charge in [0.1, 0.15) is 5.92 Å². The molecule has 4 nitrogen and oxygen atoms in total. The summed E-state index contributed by atoms with van der Waals surface area (Å²) in [4.78, 5) is 27.4. The minimum Gasteiger partial charge on any atom is -0.369 e. The number of rotatable bonds is 2. The van der Waals surface area contributed by atoms with Crippen LogP contribution in [0.1, 0.15) is 16.7 Å². The predicted molar refractivity (Wildman–Crippen MR) is 69.3 cm³/mol. The summed E-state index contributed by atoms with van der Waals surface area (Å²) in [6, 6.07) is 5.77. The molecule has 4 heteroatoms. The molecule has 1 amide bonds. The summed E-state index contributed by atoms with van der Waals surface area (Å²) in [5.74, 6) is -1.95. The highest BCUT2D eigenvalue weighted by Gasteiger charge is 2.32. The van der Waals surface area contributed by atoms with Crippen molar-refractivity contribution in [1.29, 1.82) is 0 Å². The van der Waals surface area contributed by atoms with Gasteiger partial charge in [0.05, 0.1) is 5.71 Å². The first kappa shape index (κ1) is 12.2. The molecule has 0 aliphatic carbocycles. The van der Waals surface area contributed by atoms with E-state index in [1.165, 1.54) is 12.3 Å². The number of benzene rings is 1. The lowest BCUT2D eigenvalue weighted by atomic mass is 9.86. The maximum atomic E-state index is 11.8. The molecule has 1 aromatic rings. The van der Waals surface area contributed by atoms with E-state index in [4.69, 9.17) is 5.73 Å². The summed E-state index contributed by atoms with van der Waals surface area (Å²) in [6.07, 6.45) is 2.70. The van der Waals surface area contributed by atoms with Crippen molar-refractivity contribution in [2.45, 2.75) is 13.8 Å². The van der Waals surface area contributed by atoms with Gasteiger partial charge in [0.2, 0.25) is 5.91 Å². The van der Waals surface area contributed by atoms with E-state index >= 15 is 0 Å². The molecule has 18 heavy (non-hydrogen) atoms. The second-order valence-corrected chi connectivity index (χ2v) is 4.33. The van der Waals surface area contributed by atoms with Crippen LogP contribution in [-0.2, 0) is 9.59 Å². The van der Waals surface area contributed by atoms with Crippen molar-refractivity contribution in [3.05, 3.63) is 47.2 Å². The molecule has 1 aromatic carbocycles. The molecule has 2 rings (SSSR count). The third-order valence-electron chi connectivity index (χ3n) is 3.03. The maximum absolute atomic E-state index is 11.8. The number of aryl methyl sites for hydroxylation is 2. The Morgan fingerprint density at radius 2 is 1.89 bits per heavy atom. The van der Waals surface area contributed by atoms with Crippen LogP contribution in [0.25, 0.3) is 0 Å². The Kier molecular flexibility index (Phi) is 3.10. The van der Waals surface area contributed by atoms with Crippen molar-refractivity contribution in [3.8, 4) is 0 Å². The second kappa shape index (κ2) is 4.56. The van der Waals surface area contributed by atoms with Gasteiger partial charge in [-0.1, -0.05) is 18.2 Å². The molecule has 2 N–H and O–H groups in total. The van der Waals surface area contributed by atoms with Gasteiger partial charge in [-0.15, -0.1) is 0 Å². The number of hydrogen-bond acceptors (Lipinski definition) is 3. The predicted octanol–water partition coefficient (Wildman–Crippen LogP) is 1.29. The molecular weight excluding hydrogens is 228 g/mol. The van der Waals surface area contributed by atoms with Crippen molar-refractivity contribution >= 4 is 17.4 Å². The summed E-state index contributed by atoms with van der Waals surface area (Å²) in [7, 11) is 0. The van der Waals surface area contributed by atoms with Crippen LogP contribution in [0.5, 0.6) is 0 Å². The fraction of sp³-hybridized carbons (Fsp3) is 0.214. The van der Waals surface area contributed by atoms with Crippen LogP contribution in [0.4, 0.5) is 0 Å². The summed E-state index contributed by atoms with van der Waals surface area (Å²) in [5, 5.41) is 0. The Hall–Kier alpha value is -2.23. The zero-order valence-electron chi connectivity index (χ0n) is 10.3. The molecule has 0 spiro atoms. The SMILES string of the molecule is Cc1cccc(C)c1C1=NC=CC(=O)C1C(N)=O. The number of carbonyl (C=O) groups excluding carboxylic acids is 2. The number of nitrogens with two attached hydrogens (primary N) is 1. The monoisotopic (exact) mass is 242 g/mol. The van der Waals surface area contributed by atoms with Gasteiger partial charge in [-0.05, 0) is 25.0 Å². The van der Waals surface area contributed by atoms with Crippen LogP contribution < -0.4 is 5.73 Å². The quantitative estimate of drug-likeness (QED) is 0.794. The zero-order chi connectivity index (χ0) is 13.3. The number of ketones is 1. The number of carbonyl (C=O) groups is 2. The minimum atomic E-state index is -0.977. The lowest BCUT2D eigenvalue weighted by Gasteiger charge is -2.19. The lowest BCUT2D eigenvalue weighted by molar-refractivity contribution is -0.126. The van der Waals surface area contributed by atoms with Crippen LogP contribution >= 0.6 is 0 Å². The van der Waals surface area contributed by atoms with Crippen LogP contribution in [0.2, 0.25) is 0 Å². The molecular formula is C14H14N2O2. The number of primary amides is 1. The third-order valence-corrected chi connectivity index (χ3v) is 3.03. The summed E-state index contributed by atoms with van der Waals surface area (Å²) in [5.41, 5.74) is 8.54. The summed E-state index contributed by atoms with van der Waals surface area (Å²) < 4.78 is 0.